The lowest BCUT2D eigenvalue weighted by atomic mass is 10.1. The van der Waals surface area contributed by atoms with Crippen LogP contribution >= 0.6 is 11.6 Å². The SMILES string of the molecule is Cc1ccc(-c2ccc(CNCCCOC(C)C)o2)cc1Cl. The Hall–Kier alpha value is -1.29. The van der Waals surface area contributed by atoms with Crippen molar-refractivity contribution >= 4 is 11.6 Å². The molecule has 3 nitrogen and oxygen atoms in total. The van der Waals surface area contributed by atoms with Gasteiger partial charge in [0, 0.05) is 17.2 Å². The monoisotopic (exact) mass is 321 g/mol. The van der Waals surface area contributed by atoms with Crippen LogP contribution in [0.2, 0.25) is 5.02 Å². The van der Waals surface area contributed by atoms with E-state index in [9.17, 15) is 0 Å². The smallest absolute Gasteiger partial charge is 0.134 e. The predicted octanol–water partition coefficient (Wildman–Crippen LogP) is 4.81. The topological polar surface area (TPSA) is 34.4 Å². The van der Waals surface area contributed by atoms with Gasteiger partial charge in [0.2, 0.25) is 0 Å². The van der Waals surface area contributed by atoms with Gasteiger partial charge in [-0.1, -0.05) is 23.7 Å². The number of aryl methyl sites for hydroxylation is 1. The molecule has 1 N–H and O–H groups in total. The Balaban J connectivity index is 1.80. The molecular formula is C18H24ClNO2. The van der Waals surface area contributed by atoms with Crippen LogP contribution in [0.15, 0.2) is 34.7 Å². The molecule has 0 spiro atoms. The fourth-order valence-corrected chi connectivity index (χ4v) is 2.28. The first-order chi connectivity index (χ1) is 10.6. The molecule has 0 aliphatic carbocycles. The maximum absolute atomic E-state index is 6.16. The summed E-state index contributed by atoms with van der Waals surface area (Å²) >= 11 is 6.16. The minimum Gasteiger partial charge on any atom is -0.460 e. The molecule has 120 valence electrons. The number of nitrogens with one attached hydrogen (secondary N) is 1. The standard InChI is InChI=1S/C18H24ClNO2/c1-13(2)21-10-4-9-20-12-16-7-8-18(22-16)15-6-5-14(3)17(19)11-15/h5-8,11,13,20H,4,9-10,12H2,1-3H3. The van der Waals surface area contributed by atoms with E-state index >= 15 is 0 Å². The van der Waals surface area contributed by atoms with Crippen molar-refractivity contribution in [3.63, 3.8) is 0 Å². The first-order valence-electron chi connectivity index (χ1n) is 7.74. The van der Waals surface area contributed by atoms with Gasteiger partial charge < -0.3 is 14.5 Å². The Morgan fingerprint density at radius 1 is 1.23 bits per heavy atom. The maximum atomic E-state index is 6.16. The van der Waals surface area contributed by atoms with E-state index in [0.717, 1.165) is 53.8 Å². The van der Waals surface area contributed by atoms with Crippen molar-refractivity contribution in [3.05, 3.63) is 46.7 Å². The zero-order valence-electron chi connectivity index (χ0n) is 13.5. The number of ether oxygens (including phenoxy) is 1. The van der Waals surface area contributed by atoms with Gasteiger partial charge in [-0.25, -0.2) is 0 Å². The number of benzene rings is 1. The molecule has 0 saturated carbocycles. The zero-order valence-corrected chi connectivity index (χ0v) is 14.2. The minimum atomic E-state index is 0.300. The fourth-order valence-electron chi connectivity index (χ4n) is 2.10. The van der Waals surface area contributed by atoms with Crippen LogP contribution in [0.1, 0.15) is 31.6 Å². The summed E-state index contributed by atoms with van der Waals surface area (Å²) in [5, 5.41) is 4.12. The second-order valence-electron chi connectivity index (χ2n) is 5.68. The van der Waals surface area contributed by atoms with Crippen LogP contribution in [0.3, 0.4) is 0 Å². The zero-order chi connectivity index (χ0) is 15.9. The third-order valence-corrected chi connectivity index (χ3v) is 3.77. The van der Waals surface area contributed by atoms with E-state index in [1.807, 2.05) is 37.3 Å². The van der Waals surface area contributed by atoms with Gasteiger partial charge >= 0.3 is 0 Å². The number of hydrogen-bond donors (Lipinski definition) is 1. The van der Waals surface area contributed by atoms with Crippen molar-refractivity contribution in [2.24, 2.45) is 0 Å². The highest BCUT2D eigenvalue weighted by molar-refractivity contribution is 6.31. The fraction of sp³-hybridized carbons (Fsp3) is 0.444. The number of furan rings is 1. The van der Waals surface area contributed by atoms with E-state index < -0.39 is 0 Å². The molecule has 0 amide bonds. The summed E-state index contributed by atoms with van der Waals surface area (Å²) in [5.41, 5.74) is 2.08. The highest BCUT2D eigenvalue weighted by Gasteiger charge is 2.06. The molecule has 1 heterocycles. The van der Waals surface area contributed by atoms with E-state index in [2.05, 4.69) is 19.2 Å². The molecule has 0 atom stereocenters. The van der Waals surface area contributed by atoms with Gasteiger partial charge in [-0.2, -0.15) is 0 Å². The predicted molar refractivity (Wildman–Crippen MR) is 91.3 cm³/mol. The third-order valence-electron chi connectivity index (χ3n) is 3.37. The number of rotatable bonds is 8. The van der Waals surface area contributed by atoms with Crippen LogP contribution in [-0.2, 0) is 11.3 Å². The van der Waals surface area contributed by atoms with Crippen molar-refractivity contribution in [3.8, 4) is 11.3 Å². The summed E-state index contributed by atoms with van der Waals surface area (Å²) in [5.74, 6) is 1.78. The molecule has 0 radical (unpaired) electrons. The molecule has 0 saturated heterocycles. The molecule has 22 heavy (non-hydrogen) atoms. The van der Waals surface area contributed by atoms with Gasteiger partial charge in [-0.3, -0.25) is 0 Å². The molecule has 1 aromatic carbocycles. The Labute approximate surface area is 137 Å². The molecule has 2 rings (SSSR count). The van der Waals surface area contributed by atoms with Crippen molar-refractivity contribution < 1.29 is 9.15 Å². The molecule has 0 bridgehead atoms. The van der Waals surface area contributed by atoms with Crippen LogP contribution in [0, 0.1) is 6.92 Å². The van der Waals surface area contributed by atoms with Crippen molar-refractivity contribution in [1.29, 1.82) is 0 Å². The number of halogens is 1. The van der Waals surface area contributed by atoms with Gasteiger partial charge in [0.05, 0.1) is 12.6 Å². The molecule has 2 aromatic rings. The highest BCUT2D eigenvalue weighted by atomic mass is 35.5. The van der Waals surface area contributed by atoms with E-state index in [0.29, 0.717) is 6.10 Å². The van der Waals surface area contributed by atoms with E-state index in [-0.39, 0.29) is 0 Å². The quantitative estimate of drug-likeness (QED) is 0.708. The molecule has 0 aliphatic heterocycles. The molecule has 0 unspecified atom stereocenters. The summed E-state index contributed by atoms with van der Waals surface area (Å²) in [6.45, 7) is 8.52. The largest absolute Gasteiger partial charge is 0.460 e. The Morgan fingerprint density at radius 2 is 2.05 bits per heavy atom. The lowest BCUT2D eigenvalue weighted by Gasteiger charge is -2.07. The normalized spacial score (nSPS) is 11.3. The summed E-state index contributed by atoms with van der Waals surface area (Å²) in [4.78, 5) is 0. The maximum Gasteiger partial charge on any atom is 0.134 e. The lowest BCUT2D eigenvalue weighted by molar-refractivity contribution is 0.0770. The van der Waals surface area contributed by atoms with Gasteiger partial charge in [0.15, 0.2) is 0 Å². The van der Waals surface area contributed by atoms with Crippen molar-refractivity contribution in [2.45, 2.75) is 39.8 Å². The summed E-state index contributed by atoms with van der Waals surface area (Å²) < 4.78 is 11.4. The van der Waals surface area contributed by atoms with Crippen LogP contribution in [0.5, 0.6) is 0 Å². The average molecular weight is 322 g/mol. The van der Waals surface area contributed by atoms with Gasteiger partial charge in [0.1, 0.15) is 11.5 Å². The summed E-state index contributed by atoms with van der Waals surface area (Å²) in [6, 6.07) is 9.96. The van der Waals surface area contributed by atoms with E-state index in [4.69, 9.17) is 20.8 Å². The molecular weight excluding hydrogens is 298 g/mol. The van der Waals surface area contributed by atoms with Crippen molar-refractivity contribution in [2.75, 3.05) is 13.2 Å². The van der Waals surface area contributed by atoms with E-state index in [1.165, 1.54) is 0 Å². The molecule has 0 aliphatic rings. The number of hydrogen-bond acceptors (Lipinski definition) is 3. The van der Waals surface area contributed by atoms with Gasteiger partial charge in [-0.15, -0.1) is 0 Å². The summed E-state index contributed by atoms with van der Waals surface area (Å²) in [7, 11) is 0. The molecule has 1 aromatic heterocycles. The van der Waals surface area contributed by atoms with Crippen LogP contribution < -0.4 is 5.32 Å². The second-order valence-corrected chi connectivity index (χ2v) is 6.09. The van der Waals surface area contributed by atoms with Gasteiger partial charge in [-0.05, 0) is 57.5 Å². The summed E-state index contributed by atoms with van der Waals surface area (Å²) in [6.07, 6.45) is 1.30. The second kappa shape index (κ2) is 8.37. The van der Waals surface area contributed by atoms with Crippen LogP contribution in [0.25, 0.3) is 11.3 Å². The Bertz CT molecular complexity index is 593. The third kappa shape index (κ3) is 5.16. The Morgan fingerprint density at radius 3 is 2.77 bits per heavy atom. The average Bonchev–Trinajstić information content (AvgIpc) is 2.94. The van der Waals surface area contributed by atoms with Crippen molar-refractivity contribution in [1.82, 2.24) is 5.32 Å². The first-order valence-corrected chi connectivity index (χ1v) is 8.11. The van der Waals surface area contributed by atoms with Gasteiger partial charge in [0.25, 0.3) is 0 Å². The highest BCUT2D eigenvalue weighted by Crippen LogP contribution is 2.26. The lowest BCUT2D eigenvalue weighted by Crippen LogP contribution is -2.17. The van der Waals surface area contributed by atoms with E-state index in [1.54, 1.807) is 0 Å². The molecule has 4 heteroatoms. The van der Waals surface area contributed by atoms with Crippen LogP contribution in [-0.4, -0.2) is 19.3 Å². The van der Waals surface area contributed by atoms with Crippen LogP contribution in [0.4, 0.5) is 0 Å². The Kier molecular flexibility index (Phi) is 6.49. The minimum absolute atomic E-state index is 0.300. The first kappa shape index (κ1) is 17.1. The molecule has 0 fully saturated rings.